The van der Waals surface area contributed by atoms with Crippen LogP contribution in [-0.4, -0.2) is 42.0 Å². The van der Waals surface area contributed by atoms with Crippen molar-refractivity contribution in [2.45, 2.75) is 13.8 Å². The van der Waals surface area contributed by atoms with Crippen molar-refractivity contribution in [3.63, 3.8) is 0 Å². The van der Waals surface area contributed by atoms with E-state index in [0.29, 0.717) is 45.5 Å². The van der Waals surface area contributed by atoms with Crippen molar-refractivity contribution in [1.29, 1.82) is 0 Å². The molecule has 0 aromatic heterocycles. The zero-order valence-corrected chi connectivity index (χ0v) is 19.3. The predicted molar refractivity (Wildman–Crippen MR) is 126 cm³/mol. The highest BCUT2D eigenvalue weighted by Gasteiger charge is 2.30. The van der Waals surface area contributed by atoms with Crippen molar-refractivity contribution in [3.05, 3.63) is 57.5 Å². The molecule has 0 saturated carbocycles. The summed E-state index contributed by atoms with van der Waals surface area (Å²) in [5.74, 6) is 1.86. The lowest BCUT2D eigenvalue weighted by Crippen LogP contribution is -2.27. The molecule has 0 N–H and O–H groups in total. The number of thiocarbonyl (C=S) groups is 1. The molecule has 5 nitrogen and oxygen atoms in total. The smallest absolute Gasteiger partial charge is 0.266 e. The van der Waals surface area contributed by atoms with Gasteiger partial charge < -0.3 is 14.2 Å². The molecule has 0 radical (unpaired) electrons. The second-order valence-electron chi connectivity index (χ2n) is 6.44. The van der Waals surface area contributed by atoms with Crippen molar-refractivity contribution >= 4 is 51.9 Å². The number of amides is 1. The van der Waals surface area contributed by atoms with Crippen molar-refractivity contribution in [3.8, 4) is 17.2 Å². The van der Waals surface area contributed by atoms with Gasteiger partial charge in [0, 0.05) is 11.6 Å². The fraction of sp³-hybridized carbons (Fsp3) is 0.273. The third-order valence-electron chi connectivity index (χ3n) is 4.41. The number of hydrogen-bond donors (Lipinski definition) is 0. The fourth-order valence-corrected chi connectivity index (χ4v) is 4.34. The average molecular weight is 464 g/mol. The zero-order chi connectivity index (χ0) is 21.7. The lowest BCUT2D eigenvalue weighted by molar-refractivity contribution is -0.121. The fourth-order valence-electron chi connectivity index (χ4n) is 2.84. The van der Waals surface area contributed by atoms with Crippen LogP contribution in [0.2, 0.25) is 5.02 Å². The topological polar surface area (TPSA) is 48.0 Å². The number of methoxy groups -OCH3 is 1. The first-order valence-corrected chi connectivity index (χ1v) is 11.0. The zero-order valence-electron chi connectivity index (χ0n) is 16.9. The van der Waals surface area contributed by atoms with E-state index in [1.165, 1.54) is 11.8 Å². The number of carbonyl (C=O) groups excluding carboxylic acids is 1. The molecule has 0 aliphatic carbocycles. The van der Waals surface area contributed by atoms with E-state index < -0.39 is 0 Å². The summed E-state index contributed by atoms with van der Waals surface area (Å²) >= 11 is 12.6. The Bertz CT molecular complexity index is 993. The quantitative estimate of drug-likeness (QED) is 0.299. The second-order valence-corrected chi connectivity index (χ2v) is 8.53. The van der Waals surface area contributed by atoms with E-state index in [0.717, 1.165) is 16.9 Å². The molecule has 0 spiro atoms. The van der Waals surface area contributed by atoms with Gasteiger partial charge >= 0.3 is 0 Å². The molecular formula is C22H22ClNO4S2. The van der Waals surface area contributed by atoms with E-state index in [-0.39, 0.29) is 5.91 Å². The van der Waals surface area contributed by atoms with Crippen LogP contribution in [0.25, 0.3) is 6.08 Å². The summed E-state index contributed by atoms with van der Waals surface area (Å²) in [5.41, 5.74) is 1.80. The number of nitrogens with zero attached hydrogens (tertiary/aromatic N) is 1. The van der Waals surface area contributed by atoms with Gasteiger partial charge in [-0.2, -0.15) is 0 Å². The molecule has 2 aromatic carbocycles. The van der Waals surface area contributed by atoms with Crippen LogP contribution in [0.1, 0.15) is 18.1 Å². The first-order valence-electron chi connectivity index (χ1n) is 9.38. The number of benzene rings is 2. The third-order valence-corrected chi connectivity index (χ3v) is 6.22. The molecule has 0 unspecified atom stereocenters. The minimum atomic E-state index is -0.0682. The van der Waals surface area contributed by atoms with Crippen LogP contribution in [0.4, 0.5) is 0 Å². The minimum absolute atomic E-state index is 0.0682. The molecule has 30 heavy (non-hydrogen) atoms. The summed E-state index contributed by atoms with van der Waals surface area (Å²) < 4.78 is 17.5. The summed E-state index contributed by atoms with van der Waals surface area (Å²) in [6.45, 7) is 5.13. The highest BCUT2D eigenvalue weighted by atomic mass is 35.5. The highest BCUT2D eigenvalue weighted by molar-refractivity contribution is 8.26. The number of ether oxygens (including phenoxy) is 3. The Labute approximate surface area is 190 Å². The predicted octanol–water partition coefficient (Wildman–Crippen LogP) is 5.34. The molecule has 1 aliphatic rings. The standard InChI is InChI=1S/C22H22ClNO4S2/c1-4-24-21(25)20(30-22(24)29)13-15-5-8-18(19(12-15)26-3)28-10-9-27-16-6-7-17(23)14(2)11-16/h5-8,11-13H,4,9-10H2,1-3H3. The van der Waals surface area contributed by atoms with E-state index in [1.807, 2.05) is 56.3 Å². The molecule has 1 aliphatic heterocycles. The monoisotopic (exact) mass is 463 g/mol. The first kappa shape index (κ1) is 22.5. The van der Waals surface area contributed by atoms with Crippen molar-refractivity contribution in [2.24, 2.45) is 0 Å². The Morgan fingerprint density at radius 1 is 1.13 bits per heavy atom. The van der Waals surface area contributed by atoms with E-state index in [1.54, 1.807) is 12.0 Å². The molecule has 0 atom stereocenters. The van der Waals surface area contributed by atoms with Crippen molar-refractivity contribution in [1.82, 2.24) is 4.90 Å². The third kappa shape index (κ3) is 5.28. The van der Waals surface area contributed by atoms with Gasteiger partial charge in [-0.1, -0.05) is 41.6 Å². The molecule has 0 bridgehead atoms. The maximum atomic E-state index is 12.4. The van der Waals surface area contributed by atoms with Gasteiger partial charge in [-0.3, -0.25) is 9.69 Å². The maximum absolute atomic E-state index is 12.4. The van der Waals surface area contributed by atoms with Crippen LogP contribution in [0, 0.1) is 6.92 Å². The lowest BCUT2D eigenvalue weighted by Gasteiger charge is -2.12. The van der Waals surface area contributed by atoms with Gasteiger partial charge in [0.1, 0.15) is 23.3 Å². The summed E-state index contributed by atoms with van der Waals surface area (Å²) in [4.78, 5) is 14.6. The maximum Gasteiger partial charge on any atom is 0.266 e. The Morgan fingerprint density at radius 3 is 2.57 bits per heavy atom. The Kier molecular flexibility index (Phi) is 7.64. The average Bonchev–Trinajstić information content (AvgIpc) is 3.00. The molecule has 1 amide bonds. The first-order chi connectivity index (χ1) is 14.4. The number of thioether (sulfide) groups is 1. The number of aryl methyl sites for hydroxylation is 1. The highest BCUT2D eigenvalue weighted by Crippen LogP contribution is 2.34. The molecule has 8 heteroatoms. The number of halogens is 1. The summed E-state index contributed by atoms with van der Waals surface area (Å²) in [5, 5.41) is 0.709. The van der Waals surface area contributed by atoms with Crippen LogP contribution in [-0.2, 0) is 4.79 Å². The van der Waals surface area contributed by atoms with Crippen LogP contribution in [0.5, 0.6) is 17.2 Å². The molecule has 1 saturated heterocycles. The van der Waals surface area contributed by atoms with E-state index in [4.69, 9.17) is 38.0 Å². The minimum Gasteiger partial charge on any atom is -0.493 e. The second kappa shape index (κ2) is 10.2. The van der Waals surface area contributed by atoms with Crippen LogP contribution in [0.15, 0.2) is 41.3 Å². The SMILES string of the molecule is CCN1C(=O)C(=Cc2ccc(OCCOc3ccc(Cl)c(C)c3)c(OC)c2)SC1=S. The molecular weight excluding hydrogens is 442 g/mol. The van der Waals surface area contributed by atoms with Crippen LogP contribution >= 0.6 is 35.6 Å². The molecule has 2 aromatic rings. The van der Waals surface area contributed by atoms with E-state index in [2.05, 4.69) is 0 Å². The molecule has 158 valence electrons. The van der Waals surface area contributed by atoms with Gasteiger partial charge in [-0.15, -0.1) is 0 Å². The van der Waals surface area contributed by atoms with Gasteiger partial charge in [0.15, 0.2) is 11.5 Å². The summed E-state index contributed by atoms with van der Waals surface area (Å²) in [6.07, 6.45) is 1.81. The van der Waals surface area contributed by atoms with Gasteiger partial charge in [-0.25, -0.2) is 0 Å². The Morgan fingerprint density at radius 2 is 1.90 bits per heavy atom. The van der Waals surface area contributed by atoms with Crippen LogP contribution < -0.4 is 14.2 Å². The van der Waals surface area contributed by atoms with E-state index in [9.17, 15) is 4.79 Å². The lowest BCUT2D eigenvalue weighted by atomic mass is 10.2. The number of hydrogen-bond acceptors (Lipinski definition) is 6. The molecule has 1 heterocycles. The van der Waals surface area contributed by atoms with Gasteiger partial charge in [0.25, 0.3) is 5.91 Å². The van der Waals surface area contributed by atoms with Gasteiger partial charge in [0.2, 0.25) is 0 Å². The van der Waals surface area contributed by atoms with Crippen molar-refractivity contribution in [2.75, 3.05) is 26.9 Å². The normalized spacial score (nSPS) is 15.1. The van der Waals surface area contributed by atoms with E-state index >= 15 is 0 Å². The number of likely N-dealkylation sites (N-methyl/N-ethyl adjacent to an activating group) is 1. The number of rotatable bonds is 8. The van der Waals surface area contributed by atoms with Gasteiger partial charge in [0.05, 0.1) is 12.0 Å². The molecule has 3 rings (SSSR count). The van der Waals surface area contributed by atoms with Gasteiger partial charge in [-0.05, 0) is 61.4 Å². The number of carbonyl (C=O) groups is 1. The molecule has 1 fully saturated rings. The van der Waals surface area contributed by atoms with Crippen molar-refractivity contribution < 1.29 is 19.0 Å². The Balaban J connectivity index is 1.61. The summed E-state index contributed by atoms with van der Waals surface area (Å²) in [6, 6.07) is 11.0. The van der Waals surface area contributed by atoms with Crippen LogP contribution in [0.3, 0.4) is 0 Å². The Hall–Kier alpha value is -2.22. The largest absolute Gasteiger partial charge is 0.493 e. The summed E-state index contributed by atoms with van der Waals surface area (Å²) in [7, 11) is 1.58.